The van der Waals surface area contributed by atoms with Crippen LogP contribution in [0.4, 0.5) is 5.82 Å². The van der Waals surface area contributed by atoms with Crippen LogP contribution in [0.5, 0.6) is 11.5 Å². The number of nitrogen functional groups attached to an aromatic ring is 1. The molecule has 1 heterocycles. The molecule has 0 bridgehead atoms. The average molecular weight is 428 g/mol. The smallest absolute Gasteiger partial charge is 0.345 e. The van der Waals surface area contributed by atoms with Crippen LogP contribution in [0, 0.1) is 17.4 Å². The van der Waals surface area contributed by atoms with Crippen molar-refractivity contribution in [2.45, 2.75) is 20.8 Å². The molecular formula is C16H17IN2O4. The van der Waals surface area contributed by atoms with Gasteiger partial charge in [-0.3, -0.25) is 4.79 Å². The minimum absolute atomic E-state index is 0.0232. The lowest BCUT2D eigenvalue weighted by atomic mass is 10.1. The number of rotatable bonds is 4. The minimum Gasteiger partial charge on any atom is -0.462 e. The molecule has 0 saturated carbocycles. The van der Waals surface area contributed by atoms with Crippen molar-refractivity contribution in [1.82, 2.24) is 4.98 Å². The van der Waals surface area contributed by atoms with Crippen molar-refractivity contribution >= 4 is 34.4 Å². The summed E-state index contributed by atoms with van der Waals surface area (Å²) in [7, 11) is 0. The monoisotopic (exact) mass is 428 g/mol. The van der Waals surface area contributed by atoms with Gasteiger partial charge in [-0.1, -0.05) is 6.07 Å². The molecule has 23 heavy (non-hydrogen) atoms. The zero-order valence-corrected chi connectivity index (χ0v) is 15.2. The summed E-state index contributed by atoms with van der Waals surface area (Å²) < 4.78 is 11.1. The first-order valence-electron chi connectivity index (χ1n) is 6.98. The number of ether oxygens (including phenoxy) is 2. The van der Waals surface area contributed by atoms with Crippen LogP contribution in [0.1, 0.15) is 28.4 Å². The van der Waals surface area contributed by atoms with Crippen LogP contribution in [0.2, 0.25) is 0 Å². The van der Waals surface area contributed by atoms with Gasteiger partial charge in [0.1, 0.15) is 20.7 Å². The van der Waals surface area contributed by atoms with E-state index in [2.05, 4.69) is 4.98 Å². The first-order valence-corrected chi connectivity index (χ1v) is 8.05. The number of aryl methyl sites for hydroxylation is 2. The molecule has 0 aliphatic carbocycles. The fourth-order valence-electron chi connectivity index (χ4n) is 2.19. The molecule has 0 spiro atoms. The number of pyridine rings is 1. The maximum absolute atomic E-state index is 12.2. The topological polar surface area (TPSA) is 94.4 Å². The summed E-state index contributed by atoms with van der Waals surface area (Å²) in [5.74, 6) is -0.0851. The Morgan fingerprint density at radius 1 is 1.26 bits per heavy atom. The Kier molecular flexibility index (Phi) is 5.30. The highest BCUT2D eigenvalue weighted by molar-refractivity contribution is 14.1. The van der Waals surface area contributed by atoms with Crippen LogP contribution in [0.25, 0.3) is 0 Å². The highest BCUT2D eigenvalue weighted by atomic mass is 127. The van der Waals surface area contributed by atoms with E-state index in [0.717, 1.165) is 11.1 Å². The second-order valence-corrected chi connectivity index (χ2v) is 6.11. The SMILES string of the molecule is CCOC(=O)c1c(N)[nH]c(=O)c(I)c1Oc1cc(C)cc(C)c1. The Hall–Kier alpha value is -2.03. The van der Waals surface area contributed by atoms with E-state index in [-0.39, 0.29) is 27.3 Å². The molecule has 0 unspecified atom stereocenters. The quantitative estimate of drug-likeness (QED) is 0.577. The largest absolute Gasteiger partial charge is 0.462 e. The number of aromatic nitrogens is 1. The van der Waals surface area contributed by atoms with Crippen molar-refractivity contribution in [3.8, 4) is 11.5 Å². The second kappa shape index (κ2) is 7.03. The van der Waals surface area contributed by atoms with Crippen LogP contribution in [-0.2, 0) is 4.74 Å². The Bertz CT molecular complexity index is 794. The van der Waals surface area contributed by atoms with Gasteiger partial charge in [0, 0.05) is 0 Å². The molecule has 0 fully saturated rings. The second-order valence-electron chi connectivity index (χ2n) is 5.03. The number of nitrogens with two attached hydrogens (primary N) is 1. The van der Waals surface area contributed by atoms with E-state index < -0.39 is 11.5 Å². The van der Waals surface area contributed by atoms with Gasteiger partial charge in [0.05, 0.1) is 6.61 Å². The first kappa shape index (κ1) is 17.3. The number of benzene rings is 1. The van der Waals surface area contributed by atoms with Crippen molar-refractivity contribution < 1.29 is 14.3 Å². The highest BCUT2D eigenvalue weighted by Gasteiger charge is 2.24. The van der Waals surface area contributed by atoms with E-state index >= 15 is 0 Å². The van der Waals surface area contributed by atoms with Crippen LogP contribution >= 0.6 is 22.6 Å². The number of nitrogens with one attached hydrogen (secondary N) is 1. The summed E-state index contributed by atoms with van der Waals surface area (Å²) >= 11 is 1.82. The summed E-state index contributed by atoms with van der Waals surface area (Å²) in [6.07, 6.45) is 0. The van der Waals surface area contributed by atoms with E-state index in [9.17, 15) is 9.59 Å². The lowest BCUT2D eigenvalue weighted by molar-refractivity contribution is 0.0524. The Labute approximate surface area is 147 Å². The molecular weight excluding hydrogens is 411 g/mol. The van der Waals surface area contributed by atoms with Crippen molar-refractivity contribution in [1.29, 1.82) is 0 Å². The number of anilines is 1. The summed E-state index contributed by atoms with van der Waals surface area (Å²) in [5, 5.41) is 0. The highest BCUT2D eigenvalue weighted by Crippen LogP contribution is 2.32. The number of H-pyrrole nitrogens is 1. The van der Waals surface area contributed by atoms with E-state index in [1.807, 2.05) is 54.6 Å². The summed E-state index contributed by atoms with van der Waals surface area (Å²) in [6.45, 7) is 5.75. The molecule has 0 atom stereocenters. The molecule has 0 radical (unpaired) electrons. The van der Waals surface area contributed by atoms with Gasteiger partial charge in [-0.2, -0.15) is 0 Å². The van der Waals surface area contributed by atoms with Crippen molar-refractivity contribution in [3.63, 3.8) is 0 Å². The molecule has 2 aromatic rings. The Morgan fingerprint density at radius 3 is 2.43 bits per heavy atom. The van der Waals surface area contributed by atoms with Gasteiger partial charge >= 0.3 is 5.97 Å². The average Bonchev–Trinajstić information content (AvgIpc) is 2.43. The van der Waals surface area contributed by atoms with Gasteiger partial charge in [0.15, 0.2) is 5.75 Å². The van der Waals surface area contributed by atoms with E-state index in [1.54, 1.807) is 6.92 Å². The molecule has 0 amide bonds. The lowest BCUT2D eigenvalue weighted by Gasteiger charge is -2.14. The molecule has 1 aromatic heterocycles. The predicted octanol–water partition coefficient (Wildman–Crippen LogP) is 3.15. The third-order valence-corrected chi connectivity index (χ3v) is 4.02. The lowest BCUT2D eigenvalue weighted by Crippen LogP contribution is -2.20. The molecule has 7 heteroatoms. The molecule has 0 aliphatic heterocycles. The molecule has 3 N–H and O–H groups in total. The maximum atomic E-state index is 12.2. The number of carbonyl (C=O) groups excluding carboxylic acids is 1. The first-order chi connectivity index (χ1) is 10.8. The zero-order chi connectivity index (χ0) is 17.1. The van der Waals surface area contributed by atoms with E-state index in [4.69, 9.17) is 15.2 Å². The molecule has 122 valence electrons. The fraction of sp³-hybridized carbons (Fsp3) is 0.250. The summed E-state index contributed by atoms with van der Waals surface area (Å²) in [6, 6.07) is 5.63. The van der Waals surface area contributed by atoms with Crippen LogP contribution in [0.15, 0.2) is 23.0 Å². The minimum atomic E-state index is -0.640. The number of hydrogen-bond acceptors (Lipinski definition) is 5. The number of esters is 1. The number of halogens is 1. The van der Waals surface area contributed by atoms with Gasteiger partial charge in [-0.05, 0) is 66.6 Å². The third-order valence-electron chi connectivity index (χ3n) is 3.04. The molecule has 6 nitrogen and oxygen atoms in total. The zero-order valence-electron chi connectivity index (χ0n) is 13.0. The van der Waals surface area contributed by atoms with Crippen LogP contribution in [-0.4, -0.2) is 17.6 Å². The summed E-state index contributed by atoms with van der Waals surface area (Å²) in [4.78, 5) is 26.5. The number of aromatic amines is 1. The van der Waals surface area contributed by atoms with Gasteiger partial charge in [-0.15, -0.1) is 0 Å². The van der Waals surface area contributed by atoms with Crippen molar-refractivity contribution in [3.05, 3.63) is 48.8 Å². The van der Waals surface area contributed by atoms with E-state index in [0.29, 0.717) is 5.75 Å². The predicted molar refractivity (Wildman–Crippen MR) is 96.1 cm³/mol. The van der Waals surface area contributed by atoms with Crippen molar-refractivity contribution in [2.75, 3.05) is 12.3 Å². The van der Waals surface area contributed by atoms with E-state index in [1.165, 1.54) is 0 Å². The third kappa shape index (κ3) is 3.84. The van der Waals surface area contributed by atoms with Gasteiger partial charge in [0.2, 0.25) is 0 Å². The fourth-order valence-corrected chi connectivity index (χ4v) is 2.70. The van der Waals surface area contributed by atoms with Crippen LogP contribution < -0.4 is 16.0 Å². The standard InChI is InChI=1S/C16H17IN2O4/c1-4-22-16(21)11-13(12(17)15(20)19-14(11)18)23-10-6-8(2)5-9(3)7-10/h5-7H,4H2,1-3H3,(H3,18,19,20). The number of hydrogen-bond donors (Lipinski definition) is 2. The van der Waals surface area contributed by atoms with Gasteiger partial charge in [0.25, 0.3) is 5.56 Å². The molecule has 0 saturated heterocycles. The van der Waals surface area contributed by atoms with Crippen molar-refractivity contribution in [2.24, 2.45) is 0 Å². The maximum Gasteiger partial charge on any atom is 0.345 e. The normalized spacial score (nSPS) is 10.4. The number of carbonyl (C=O) groups is 1. The van der Waals surface area contributed by atoms with Crippen LogP contribution in [0.3, 0.4) is 0 Å². The Balaban J connectivity index is 2.59. The molecule has 2 rings (SSSR count). The molecule has 0 aliphatic rings. The molecule has 1 aromatic carbocycles. The summed E-state index contributed by atoms with van der Waals surface area (Å²) in [5.41, 5.74) is 7.41. The van der Waals surface area contributed by atoms with Gasteiger partial charge < -0.3 is 20.2 Å². The Morgan fingerprint density at radius 2 is 1.87 bits per heavy atom. The van der Waals surface area contributed by atoms with Gasteiger partial charge in [-0.25, -0.2) is 4.79 Å².